The standard InChI is InChI=1S/C36H36BN3/c1-4-27-24-28(5-2)26-31(25-27)32-20-12-13-21-33(32)39-35(29-16-8-6-9-17-29)36(30-18-10-7-11-19-30)40(37(39)3)34-22-14-15-23-38-34/h6-26,35-36H,4-5H2,1-3H3/t35-,36-/m0/s1. The first-order valence-corrected chi connectivity index (χ1v) is 14.5. The molecule has 40 heavy (non-hydrogen) atoms. The van der Waals surface area contributed by atoms with Crippen LogP contribution >= 0.6 is 0 Å². The number of anilines is 2. The van der Waals surface area contributed by atoms with Crippen molar-refractivity contribution in [3.05, 3.63) is 150 Å². The Morgan fingerprint density at radius 2 is 1.18 bits per heavy atom. The molecule has 198 valence electrons. The molecule has 1 aliphatic rings. The lowest BCUT2D eigenvalue weighted by atomic mass is 9.75. The third kappa shape index (κ3) is 4.79. The maximum Gasteiger partial charge on any atom is 0.374 e. The average Bonchev–Trinajstić information content (AvgIpc) is 3.34. The summed E-state index contributed by atoms with van der Waals surface area (Å²) in [5, 5.41) is 0. The van der Waals surface area contributed by atoms with Gasteiger partial charge in [0.05, 0.1) is 12.1 Å². The number of aryl methyl sites for hydroxylation is 2. The van der Waals surface area contributed by atoms with Gasteiger partial charge in [0.2, 0.25) is 0 Å². The first-order chi connectivity index (χ1) is 19.7. The van der Waals surface area contributed by atoms with E-state index in [9.17, 15) is 0 Å². The van der Waals surface area contributed by atoms with Crippen LogP contribution in [-0.4, -0.2) is 12.0 Å². The van der Waals surface area contributed by atoms with Crippen molar-refractivity contribution in [3.63, 3.8) is 0 Å². The van der Waals surface area contributed by atoms with Crippen molar-refractivity contribution in [2.75, 3.05) is 9.62 Å². The molecule has 4 aromatic carbocycles. The lowest BCUT2D eigenvalue weighted by molar-refractivity contribution is 0.616. The largest absolute Gasteiger partial charge is 0.387 e. The molecular formula is C36H36BN3. The summed E-state index contributed by atoms with van der Waals surface area (Å²) in [5.74, 6) is 0.992. The summed E-state index contributed by atoms with van der Waals surface area (Å²) >= 11 is 0. The average molecular weight is 522 g/mol. The predicted molar refractivity (Wildman–Crippen MR) is 170 cm³/mol. The topological polar surface area (TPSA) is 19.4 Å². The van der Waals surface area contributed by atoms with E-state index >= 15 is 0 Å². The van der Waals surface area contributed by atoms with Gasteiger partial charge in [-0.1, -0.05) is 117 Å². The molecule has 6 rings (SSSR count). The lowest BCUT2D eigenvalue weighted by Crippen LogP contribution is -2.42. The van der Waals surface area contributed by atoms with Crippen LogP contribution in [0.3, 0.4) is 0 Å². The molecule has 2 heterocycles. The van der Waals surface area contributed by atoms with Gasteiger partial charge in [-0.15, -0.1) is 0 Å². The number of nitrogens with zero attached hydrogens (tertiary/aromatic N) is 3. The fraction of sp³-hybridized carbons (Fsp3) is 0.194. The Morgan fingerprint density at radius 1 is 0.625 bits per heavy atom. The minimum Gasteiger partial charge on any atom is -0.387 e. The van der Waals surface area contributed by atoms with Crippen LogP contribution in [0.1, 0.15) is 48.2 Å². The monoisotopic (exact) mass is 521 g/mol. The molecule has 0 radical (unpaired) electrons. The molecule has 0 spiro atoms. The van der Waals surface area contributed by atoms with E-state index in [4.69, 9.17) is 4.98 Å². The van der Waals surface area contributed by atoms with E-state index in [1.54, 1.807) is 0 Å². The Labute approximate surface area is 239 Å². The van der Waals surface area contributed by atoms with E-state index in [0.29, 0.717) is 0 Å². The van der Waals surface area contributed by atoms with Crippen LogP contribution in [0.2, 0.25) is 6.82 Å². The van der Waals surface area contributed by atoms with Gasteiger partial charge in [-0.2, -0.15) is 0 Å². The fourth-order valence-corrected chi connectivity index (χ4v) is 6.35. The molecule has 0 unspecified atom stereocenters. The maximum absolute atomic E-state index is 4.87. The summed E-state index contributed by atoms with van der Waals surface area (Å²) in [6.45, 7) is 6.87. The highest BCUT2D eigenvalue weighted by Crippen LogP contribution is 2.51. The number of pyridine rings is 1. The summed E-state index contributed by atoms with van der Waals surface area (Å²) in [6, 6.07) is 44.3. The van der Waals surface area contributed by atoms with Gasteiger partial charge in [-0.3, -0.25) is 0 Å². The number of hydrogen-bond acceptors (Lipinski definition) is 3. The van der Waals surface area contributed by atoms with Gasteiger partial charge in [0.15, 0.2) is 0 Å². The van der Waals surface area contributed by atoms with Crippen molar-refractivity contribution in [1.29, 1.82) is 0 Å². The molecule has 5 aromatic rings. The third-order valence-corrected chi connectivity index (χ3v) is 8.26. The Kier molecular flexibility index (Phi) is 7.42. The first kappa shape index (κ1) is 25.9. The first-order valence-electron chi connectivity index (χ1n) is 14.5. The molecule has 0 bridgehead atoms. The molecule has 0 N–H and O–H groups in total. The van der Waals surface area contributed by atoms with Gasteiger partial charge in [-0.05, 0) is 65.7 Å². The highest BCUT2D eigenvalue weighted by molar-refractivity contribution is 6.67. The number of aromatic nitrogens is 1. The molecule has 0 saturated carbocycles. The Balaban J connectivity index is 1.59. The van der Waals surface area contributed by atoms with E-state index in [0.717, 1.165) is 18.7 Å². The van der Waals surface area contributed by atoms with Crippen LogP contribution in [0.5, 0.6) is 0 Å². The Bertz CT molecular complexity index is 1530. The smallest absolute Gasteiger partial charge is 0.374 e. The Morgan fingerprint density at radius 3 is 1.75 bits per heavy atom. The summed E-state index contributed by atoms with van der Waals surface area (Å²) in [7, 11) is 0. The minimum absolute atomic E-state index is 0.0615. The van der Waals surface area contributed by atoms with E-state index in [1.807, 2.05) is 12.3 Å². The highest BCUT2D eigenvalue weighted by Gasteiger charge is 2.50. The minimum atomic E-state index is 0.0615. The van der Waals surface area contributed by atoms with Gasteiger partial charge in [-0.25, -0.2) is 4.98 Å². The van der Waals surface area contributed by atoms with Gasteiger partial charge in [0, 0.05) is 17.4 Å². The van der Waals surface area contributed by atoms with Crippen molar-refractivity contribution in [2.24, 2.45) is 0 Å². The number of para-hydroxylation sites is 1. The van der Waals surface area contributed by atoms with E-state index < -0.39 is 0 Å². The van der Waals surface area contributed by atoms with Crippen LogP contribution in [0.25, 0.3) is 11.1 Å². The van der Waals surface area contributed by atoms with Crippen LogP contribution in [-0.2, 0) is 12.8 Å². The van der Waals surface area contributed by atoms with Gasteiger partial charge in [0.1, 0.15) is 5.82 Å². The molecule has 1 aliphatic heterocycles. The molecule has 1 aromatic heterocycles. The SMILES string of the molecule is CCc1cc(CC)cc(-c2ccccc2N2B(C)N(c3ccccn3)[C@@H](c3ccccc3)[C@@H]2c2ccccc2)c1. The van der Waals surface area contributed by atoms with Gasteiger partial charge < -0.3 is 9.62 Å². The molecule has 3 nitrogen and oxygen atoms in total. The molecular weight excluding hydrogens is 485 g/mol. The second-order valence-electron chi connectivity index (χ2n) is 10.6. The zero-order valence-electron chi connectivity index (χ0n) is 23.6. The summed E-state index contributed by atoms with van der Waals surface area (Å²) in [5.41, 5.74) is 9.17. The quantitative estimate of drug-likeness (QED) is 0.200. The van der Waals surface area contributed by atoms with Crippen LogP contribution in [0.4, 0.5) is 11.5 Å². The normalized spacial score (nSPS) is 16.9. The van der Waals surface area contributed by atoms with Gasteiger partial charge in [0.25, 0.3) is 0 Å². The molecule has 0 amide bonds. The van der Waals surface area contributed by atoms with Crippen molar-refractivity contribution in [2.45, 2.75) is 45.6 Å². The zero-order chi connectivity index (χ0) is 27.5. The zero-order valence-corrected chi connectivity index (χ0v) is 23.6. The van der Waals surface area contributed by atoms with Crippen molar-refractivity contribution in [3.8, 4) is 11.1 Å². The maximum atomic E-state index is 4.87. The summed E-state index contributed by atoms with van der Waals surface area (Å²) < 4.78 is 0. The van der Waals surface area contributed by atoms with E-state index in [2.05, 4.69) is 146 Å². The van der Waals surface area contributed by atoms with Gasteiger partial charge >= 0.3 is 6.98 Å². The molecule has 2 atom stereocenters. The van der Waals surface area contributed by atoms with Crippen molar-refractivity contribution >= 4 is 18.5 Å². The molecule has 0 aliphatic carbocycles. The lowest BCUT2D eigenvalue weighted by Gasteiger charge is -2.33. The Hall–Kier alpha value is -4.31. The highest BCUT2D eigenvalue weighted by atomic mass is 15.4. The number of rotatable bonds is 7. The molecule has 1 fully saturated rings. The second-order valence-corrected chi connectivity index (χ2v) is 10.6. The van der Waals surface area contributed by atoms with Crippen LogP contribution in [0, 0.1) is 0 Å². The van der Waals surface area contributed by atoms with Crippen molar-refractivity contribution < 1.29 is 0 Å². The summed E-state index contributed by atoms with van der Waals surface area (Å²) in [4.78, 5) is 10.00. The summed E-state index contributed by atoms with van der Waals surface area (Å²) in [6.07, 6.45) is 3.96. The van der Waals surface area contributed by atoms with Crippen LogP contribution < -0.4 is 9.62 Å². The number of hydrogen-bond donors (Lipinski definition) is 0. The third-order valence-electron chi connectivity index (χ3n) is 8.26. The van der Waals surface area contributed by atoms with E-state index in [1.165, 1.54) is 39.1 Å². The van der Waals surface area contributed by atoms with Crippen LogP contribution in [0.15, 0.2) is 128 Å². The molecule has 1 saturated heterocycles. The second kappa shape index (κ2) is 11.4. The predicted octanol–water partition coefficient (Wildman–Crippen LogP) is 8.80. The molecule has 4 heteroatoms. The van der Waals surface area contributed by atoms with Crippen molar-refractivity contribution in [1.82, 2.24) is 4.98 Å². The fourth-order valence-electron chi connectivity index (χ4n) is 6.35. The number of benzene rings is 4. The van der Waals surface area contributed by atoms with E-state index in [-0.39, 0.29) is 19.1 Å².